The van der Waals surface area contributed by atoms with E-state index in [2.05, 4.69) is 5.32 Å². The first-order valence-electron chi connectivity index (χ1n) is 5.52. The van der Waals surface area contributed by atoms with Crippen LogP contribution in [0.1, 0.15) is 19.3 Å². The molecule has 2 rings (SSSR count). The van der Waals surface area contributed by atoms with Crippen LogP contribution in [0.5, 0.6) is 0 Å². The standard InChI is InChI=1S/C11H16N2O3/c1-13(9-4-5-9)11(16)12-8-3-2-7(6-8)10(14)15/h2-3,7-9H,4-6H2,1H3,(H,12,16)(H,14,15). The third-order valence-electron chi connectivity index (χ3n) is 3.12. The summed E-state index contributed by atoms with van der Waals surface area (Å²) >= 11 is 0. The molecule has 0 saturated heterocycles. The number of nitrogens with zero attached hydrogens (tertiary/aromatic N) is 1. The number of carboxylic acid groups (broad SMARTS) is 1. The van der Waals surface area contributed by atoms with Crippen LogP contribution < -0.4 is 5.32 Å². The van der Waals surface area contributed by atoms with Gasteiger partial charge >= 0.3 is 12.0 Å². The highest BCUT2D eigenvalue weighted by molar-refractivity contribution is 5.76. The minimum atomic E-state index is -0.830. The Hall–Kier alpha value is -1.52. The van der Waals surface area contributed by atoms with Gasteiger partial charge in [-0.3, -0.25) is 4.79 Å². The summed E-state index contributed by atoms with van der Waals surface area (Å²) < 4.78 is 0. The van der Waals surface area contributed by atoms with Crippen molar-refractivity contribution in [1.29, 1.82) is 0 Å². The monoisotopic (exact) mass is 224 g/mol. The first-order chi connectivity index (χ1) is 7.58. The number of nitrogens with one attached hydrogen (secondary N) is 1. The first kappa shape index (κ1) is 11.0. The highest BCUT2D eigenvalue weighted by Crippen LogP contribution is 2.25. The van der Waals surface area contributed by atoms with E-state index in [-0.39, 0.29) is 12.1 Å². The van der Waals surface area contributed by atoms with Gasteiger partial charge in [-0.1, -0.05) is 12.2 Å². The molecule has 5 heteroatoms. The second-order valence-electron chi connectivity index (χ2n) is 4.46. The van der Waals surface area contributed by atoms with Crippen LogP contribution in [0.15, 0.2) is 12.2 Å². The number of carboxylic acids is 1. The van der Waals surface area contributed by atoms with Crippen molar-refractivity contribution < 1.29 is 14.7 Å². The Labute approximate surface area is 94.1 Å². The predicted octanol–water partition coefficient (Wildman–Crippen LogP) is 0.819. The summed E-state index contributed by atoms with van der Waals surface area (Å²) in [6, 6.07) is 0.124. The van der Waals surface area contributed by atoms with Gasteiger partial charge in [-0.2, -0.15) is 0 Å². The van der Waals surface area contributed by atoms with Crippen LogP contribution in [0.2, 0.25) is 0 Å². The maximum absolute atomic E-state index is 11.7. The van der Waals surface area contributed by atoms with E-state index in [1.165, 1.54) is 0 Å². The molecule has 2 atom stereocenters. The Morgan fingerprint density at radius 3 is 2.56 bits per heavy atom. The topological polar surface area (TPSA) is 69.6 Å². The highest BCUT2D eigenvalue weighted by atomic mass is 16.4. The van der Waals surface area contributed by atoms with Gasteiger partial charge in [0.2, 0.25) is 0 Å². The number of hydrogen-bond acceptors (Lipinski definition) is 2. The average Bonchev–Trinajstić information content (AvgIpc) is 2.97. The van der Waals surface area contributed by atoms with Gasteiger partial charge in [-0.15, -0.1) is 0 Å². The van der Waals surface area contributed by atoms with Gasteiger partial charge in [-0.05, 0) is 19.3 Å². The van der Waals surface area contributed by atoms with Crippen molar-refractivity contribution in [2.24, 2.45) is 5.92 Å². The van der Waals surface area contributed by atoms with Crippen LogP contribution in [0, 0.1) is 5.92 Å². The van der Waals surface area contributed by atoms with E-state index in [0.717, 1.165) is 12.8 Å². The van der Waals surface area contributed by atoms with Crippen LogP contribution >= 0.6 is 0 Å². The largest absolute Gasteiger partial charge is 0.481 e. The lowest BCUT2D eigenvalue weighted by Crippen LogP contribution is -2.43. The fourth-order valence-corrected chi connectivity index (χ4v) is 1.88. The van der Waals surface area contributed by atoms with Crippen molar-refractivity contribution in [2.75, 3.05) is 7.05 Å². The Bertz CT molecular complexity index is 336. The van der Waals surface area contributed by atoms with E-state index >= 15 is 0 Å². The molecule has 0 aliphatic heterocycles. The Morgan fingerprint density at radius 2 is 2.06 bits per heavy atom. The van der Waals surface area contributed by atoms with Gasteiger partial charge in [-0.25, -0.2) is 4.79 Å². The molecular weight excluding hydrogens is 208 g/mol. The molecular formula is C11H16N2O3. The molecule has 0 bridgehead atoms. The smallest absolute Gasteiger partial charge is 0.317 e. The molecule has 1 saturated carbocycles. The molecule has 0 heterocycles. The first-order valence-corrected chi connectivity index (χ1v) is 5.52. The SMILES string of the molecule is CN(C(=O)NC1C=CC(C(=O)O)C1)C1CC1. The third kappa shape index (κ3) is 2.35. The quantitative estimate of drug-likeness (QED) is 0.697. The Kier molecular flexibility index (Phi) is 2.85. The molecule has 2 amide bonds. The summed E-state index contributed by atoms with van der Waals surface area (Å²) in [5.41, 5.74) is 0. The van der Waals surface area contributed by atoms with Crippen LogP contribution in [-0.2, 0) is 4.79 Å². The van der Waals surface area contributed by atoms with E-state index in [4.69, 9.17) is 5.11 Å². The molecule has 2 aliphatic rings. The zero-order chi connectivity index (χ0) is 11.7. The maximum Gasteiger partial charge on any atom is 0.317 e. The number of aliphatic carboxylic acids is 1. The molecule has 0 aromatic heterocycles. The normalized spacial score (nSPS) is 27.8. The van der Waals surface area contributed by atoms with E-state index < -0.39 is 11.9 Å². The number of carbonyl (C=O) groups is 2. The molecule has 0 radical (unpaired) electrons. The van der Waals surface area contributed by atoms with Gasteiger partial charge in [0.05, 0.1) is 12.0 Å². The van der Waals surface area contributed by atoms with E-state index in [0.29, 0.717) is 12.5 Å². The second kappa shape index (κ2) is 4.15. The summed E-state index contributed by atoms with van der Waals surface area (Å²) in [4.78, 5) is 24.1. The number of urea groups is 1. The highest BCUT2D eigenvalue weighted by Gasteiger charge is 2.31. The van der Waals surface area contributed by atoms with Gasteiger partial charge in [0.15, 0.2) is 0 Å². The molecule has 2 aliphatic carbocycles. The number of amides is 2. The number of carbonyl (C=O) groups excluding carboxylic acids is 1. The molecule has 0 spiro atoms. The Morgan fingerprint density at radius 1 is 1.38 bits per heavy atom. The van der Waals surface area contributed by atoms with Crippen LogP contribution in [0.3, 0.4) is 0 Å². The lowest BCUT2D eigenvalue weighted by atomic mass is 10.1. The molecule has 0 aromatic carbocycles. The predicted molar refractivity (Wildman–Crippen MR) is 58.0 cm³/mol. The summed E-state index contributed by atoms with van der Waals surface area (Å²) in [6.45, 7) is 0. The summed E-state index contributed by atoms with van der Waals surface area (Å²) in [5.74, 6) is -1.29. The van der Waals surface area contributed by atoms with Gasteiger partial charge in [0.25, 0.3) is 0 Å². The molecule has 5 nitrogen and oxygen atoms in total. The van der Waals surface area contributed by atoms with Gasteiger partial charge < -0.3 is 15.3 Å². The second-order valence-corrected chi connectivity index (χ2v) is 4.46. The Balaban J connectivity index is 1.80. The number of rotatable bonds is 3. The van der Waals surface area contributed by atoms with Crippen LogP contribution in [-0.4, -0.2) is 41.1 Å². The van der Waals surface area contributed by atoms with Gasteiger partial charge in [0, 0.05) is 13.1 Å². The average molecular weight is 224 g/mol. The van der Waals surface area contributed by atoms with Crippen molar-refractivity contribution in [3.05, 3.63) is 12.2 Å². The van der Waals surface area contributed by atoms with Crippen molar-refractivity contribution in [3.63, 3.8) is 0 Å². The molecule has 2 unspecified atom stereocenters. The summed E-state index contributed by atoms with van der Waals surface area (Å²) in [5, 5.41) is 11.6. The van der Waals surface area contributed by atoms with Gasteiger partial charge in [0.1, 0.15) is 0 Å². The fraction of sp³-hybridized carbons (Fsp3) is 0.636. The zero-order valence-corrected chi connectivity index (χ0v) is 9.22. The van der Waals surface area contributed by atoms with Crippen molar-refractivity contribution in [2.45, 2.75) is 31.3 Å². The van der Waals surface area contributed by atoms with E-state index in [1.807, 2.05) is 0 Å². The fourth-order valence-electron chi connectivity index (χ4n) is 1.88. The molecule has 2 N–H and O–H groups in total. The zero-order valence-electron chi connectivity index (χ0n) is 9.22. The van der Waals surface area contributed by atoms with Crippen LogP contribution in [0.25, 0.3) is 0 Å². The minimum absolute atomic E-state index is 0.108. The van der Waals surface area contributed by atoms with Crippen molar-refractivity contribution in [3.8, 4) is 0 Å². The molecule has 88 valence electrons. The van der Waals surface area contributed by atoms with Crippen molar-refractivity contribution in [1.82, 2.24) is 10.2 Å². The lowest BCUT2D eigenvalue weighted by Gasteiger charge is -2.20. The van der Waals surface area contributed by atoms with E-state index in [1.54, 1.807) is 24.1 Å². The maximum atomic E-state index is 11.7. The minimum Gasteiger partial charge on any atom is -0.481 e. The summed E-state index contributed by atoms with van der Waals surface area (Å²) in [6.07, 6.45) is 6.01. The van der Waals surface area contributed by atoms with E-state index in [9.17, 15) is 9.59 Å². The molecule has 1 fully saturated rings. The lowest BCUT2D eigenvalue weighted by molar-refractivity contribution is -0.140. The molecule has 0 aromatic rings. The van der Waals surface area contributed by atoms with Crippen LogP contribution in [0.4, 0.5) is 4.79 Å². The molecule has 16 heavy (non-hydrogen) atoms. The third-order valence-corrected chi connectivity index (χ3v) is 3.12. The summed E-state index contributed by atoms with van der Waals surface area (Å²) in [7, 11) is 1.78. The van der Waals surface area contributed by atoms with Crippen molar-refractivity contribution >= 4 is 12.0 Å². The number of hydrogen-bond donors (Lipinski definition) is 2.